The van der Waals surface area contributed by atoms with E-state index in [1.54, 1.807) is 13.0 Å². The zero-order valence-electron chi connectivity index (χ0n) is 11.4. The number of thioether (sulfide) groups is 1. The SMILES string of the molecule is Cc1ccc(SCC(=O)Nc2ccc(F)cc2C)cc1. The molecule has 104 valence electrons. The molecule has 0 radical (unpaired) electrons. The molecule has 0 aliphatic carbocycles. The van der Waals surface area contributed by atoms with Crippen LogP contribution in [0.1, 0.15) is 11.1 Å². The summed E-state index contributed by atoms with van der Waals surface area (Å²) in [6, 6.07) is 12.4. The van der Waals surface area contributed by atoms with E-state index in [0.29, 0.717) is 11.4 Å². The molecule has 1 N–H and O–H groups in total. The summed E-state index contributed by atoms with van der Waals surface area (Å²) in [6.07, 6.45) is 0. The molecule has 0 unspecified atom stereocenters. The fourth-order valence-electron chi connectivity index (χ4n) is 1.74. The van der Waals surface area contributed by atoms with E-state index in [0.717, 1.165) is 10.5 Å². The molecule has 0 atom stereocenters. The molecule has 2 aromatic rings. The van der Waals surface area contributed by atoms with Crippen LogP contribution in [-0.4, -0.2) is 11.7 Å². The highest BCUT2D eigenvalue weighted by Crippen LogP contribution is 2.20. The molecule has 2 rings (SSSR count). The van der Waals surface area contributed by atoms with Gasteiger partial charge < -0.3 is 5.32 Å². The van der Waals surface area contributed by atoms with E-state index < -0.39 is 0 Å². The first-order chi connectivity index (χ1) is 9.54. The van der Waals surface area contributed by atoms with Gasteiger partial charge in [0.2, 0.25) is 5.91 Å². The van der Waals surface area contributed by atoms with Crippen LogP contribution in [0.3, 0.4) is 0 Å². The highest BCUT2D eigenvalue weighted by molar-refractivity contribution is 8.00. The fraction of sp³-hybridized carbons (Fsp3) is 0.188. The summed E-state index contributed by atoms with van der Waals surface area (Å²) >= 11 is 1.48. The van der Waals surface area contributed by atoms with E-state index in [-0.39, 0.29) is 11.7 Å². The molecule has 0 bridgehead atoms. The molecule has 0 fully saturated rings. The first-order valence-corrected chi connectivity index (χ1v) is 7.28. The molecule has 0 aromatic heterocycles. The molecule has 2 nitrogen and oxygen atoms in total. The van der Waals surface area contributed by atoms with Gasteiger partial charge >= 0.3 is 0 Å². The summed E-state index contributed by atoms with van der Waals surface area (Å²) in [4.78, 5) is 12.9. The highest BCUT2D eigenvalue weighted by atomic mass is 32.2. The Labute approximate surface area is 122 Å². The molecular weight excluding hydrogens is 273 g/mol. The van der Waals surface area contributed by atoms with Crippen molar-refractivity contribution >= 4 is 23.4 Å². The molecule has 0 saturated carbocycles. The van der Waals surface area contributed by atoms with Crippen molar-refractivity contribution in [2.24, 2.45) is 0 Å². The zero-order chi connectivity index (χ0) is 14.5. The lowest BCUT2D eigenvalue weighted by Crippen LogP contribution is -2.14. The summed E-state index contributed by atoms with van der Waals surface area (Å²) in [7, 11) is 0. The Morgan fingerprint density at radius 1 is 1.15 bits per heavy atom. The van der Waals surface area contributed by atoms with Gasteiger partial charge in [-0.2, -0.15) is 0 Å². The Kier molecular flexibility index (Phi) is 4.79. The molecule has 0 heterocycles. The van der Waals surface area contributed by atoms with Crippen LogP contribution >= 0.6 is 11.8 Å². The minimum atomic E-state index is -0.297. The Hall–Kier alpha value is -1.81. The second-order valence-electron chi connectivity index (χ2n) is 4.61. The van der Waals surface area contributed by atoms with Crippen LogP contribution in [0.4, 0.5) is 10.1 Å². The maximum atomic E-state index is 13.0. The molecule has 2 aromatic carbocycles. The van der Waals surface area contributed by atoms with Crippen molar-refractivity contribution < 1.29 is 9.18 Å². The third-order valence-electron chi connectivity index (χ3n) is 2.85. The normalized spacial score (nSPS) is 10.3. The van der Waals surface area contributed by atoms with Crippen molar-refractivity contribution in [3.63, 3.8) is 0 Å². The van der Waals surface area contributed by atoms with Gasteiger partial charge in [-0.25, -0.2) is 4.39 Å². The number of rotatable bonds is 4. The summed E-state index contributed by atoms with van der Waals surface area (Å²) in [5, 5.41) is 2.79. The molecule has 0 spiro atoms. The Bertz CT molecular complexity index is 610. The van der Waals surface area contributed by atoms with E-state index in [1.807, 2.05) is 31.2 Å². The van der Waals surface area contributed by atoms with Gasteiger partial charge in [-0.15, -0.1) is 11.8 Å². The predicted molar refractivity (Wildman–Crippen MR) is 81.7 cm³/mol. The third kappa shape index (κ3) is 4.10. The number of halogens is 1. The van der Waals surface area contributed by atoms with Gasteiger partial charge in [0.1, 0.15) is 5.82 Å². The van der Waals surface area contributed by atoms with Crippen LogP contribution in [-0.2, 0) is 4.79 Å². The van der Waals surface area contributed by atoms with Crippen molar-refractivity contribution in [3.8, 4) is 0 Å². The van der Waals surface area contributed by atoms with Gasteiger partial charge in [0.25, 0.3) is 0 Å². The van der Waals surface area contributed by atoms with Crippen molar-refractivity contribution in [2.45, 2.75) is 18.7 Å². The number of carbonyl (C=O) groups is 1. The molecule has 0 aliphatic rings. The van der Waals surface area contributed by atoms with Gasteiger partial charge in [-0.05, 0) is 49.7 Å². The lowest BCUT2D eigenvalue weighted by Gasteiger charge is -2.08. The molecular formula is C16H16FNOS. The van der Waals surface area contributed by atoms with Gasteiger partial charge in [0.15, 0.2) is 0 Å². The summed E-state index contributed by atoms with van der Waals surface area (Å²) in [5.41, 5.74) is 2.57. The third-order valence-corrected chi connectivity index (χ3v) is 3.87. The van der Waals surface area contributed by atoms with Gasteiger partial charge in [0.05, 0.1) is 5.75 Å². The number of aryl methyl sites for hydroxylation is 2. The maximum Gasteiger partial charge on any atom is 0.234 e. The highest BCUT2D eigenvalue weighted by Gasteiger charge is 2.06. The first-order valence-electron chi connectivity index (χ1n) is 6.30. The summed E-state index contributed by atoms with van der Waals surface area (Å²) in [6.45, 7) is 3.80. The minimum Gasteiger partial charge on any atom is -0.325 e. The lowest BCUT2D eigenvalue weighted by molar-refractivity contribution is -0.113. The van der Waals surface area contributed by atoms with Crippen molar-refractivity contribution in [2.75, 3.05) is 11.1 Å². The average Bonchev–Trinajstić information content (AvgIpc) is 2.41. The Morgan fingerprint density at radius 3 is 2.50 bits per heavy atom. The van der Waals surface area contributed by atoms with Gasteiger partial charge in [0, 0.05) is 10.6 Å². The fourth-order valence-corrected chi connectivity index (χ4v) is 2.44. The second-order valence-corrected chi connectivity index (χ2v) is 5.66. The Balaban J connectivity index is 1.90. The molecule has 4 heteroatoms. The van der Waals surface area contributed by atoms with E-state index in [4.69, 9.17) is 0 Å². The maximum absolute atomic E-state index is 13.0. The van der Waals surface area contributed by atoms with Crippen molar-refractivity contribution in [1.82, 2.24) is 0 Å². The van der Waals surface area contributed by atoms with Crippen LogP contribution in [0.2, 0.25) is 0 Å². The standard InChI is InChI=1S/C16H16FNOS/c1-11-3-6-14(7-4-11)20-10-16(19)18-15-8-5-13(17)9-12(15)2/h3-9H,10H2,1-2H3,(H,18,19). The monoisotopic (exact) mass is 289 g/mol. The number of anilines is 1. The van der Waals surface area contributed by atoms with E-state index >= 15 is 0 Å². The van der Waals surface area contributed by atoms with Gasteiger partial charge in [-0.1, -0.05) is 17.7 Å². The van der Waals surface area contributed by atoms with Crippen molar-refractivity contribution in [3.05, 3.63) is 59.4 Å². The first kappa shape index (κ1) is 14.6. The number of carbonyl (C=O) groups excluding carboxylic acids is 1. The van der Waals surface area contributed by atoms with Crippen LogP contribution in [0.15, 0.2) is 47.4 Å². The van der Waals surface area contributed by atoms with E-state index in [9.17, 15) is 9.18 Å². The van der Waals surface area contributed by atoms with Crippen LogP contribution in [0.5, 0.6) is 0 Å². The van der Waals surface area contributed by atoms with E-state index in [1.165, 1.54) is 29.5 Å². The van der Waals surface area contributed by atoms with Crippen LogP contribution < -0.4 is 5.32 Å². The minimum absolute atomic E-state index is 0.0923. The smallest absolute Gasteiger partial charge is 0.234 e. The molecule has 20 heavy (non-hydrogen) atoms. The largest absolute Gasteiger partial charge is 0.325 e. The molecule has 0 saturated heterocycles. The number of hydrogen-bond acceptors (Lipinski definition) is 2. The van der Waals surface area contributed by atoms with Gasteiger partial charge in [-0.3, -0.25) is 4.79 Å². The quantitative estimate of drug-likeness (QED) is 0.856. The Morgan fingerprint density at radius 2 is 1.85 bits per heavy atom. The summed E-state index contributed by atoms with van der Waals surface area (Å²) < 4.78 is 13.0. The van der Waals surface area contributed by atoms with E-state index in [2.05, 4.69) is 5.32 Å². The lowest BCUT2D eigenvalue weighted by atomic mass is 10.2. The number of hydrogen-bond donors (Lipinski definition) is 1. The number of amides is 1. The van der Waals surface area contributed by atoms with Crippen molar-refractivity contribution in [1.29, 1.82) is 0 Å². The average molecular weight is 289 g/mol. The topological polar surface area (TPSA) is 29.1 Å². The second kappa shape index (κ2) is 6.57. The van der Waals surface area contributed by atoms with Crippen LogP contribution in [0.25, 0.3) is 0 Å². The predicted octanol–water partition coefficient (Wildman–Crippen LogP) is 4.17. The number of nitrogens with one attached hydrogen (secondary N) is 1. The zero-order valence-corrected chi connectivity index (χ0v) is 12.3. The summed E-state index contributed by atoms with van der Waals surface area (Å²) in [5.74, 6) is -0.0559. The molecule has 0 aliphatic heterocycles. The number of benzene rings is 2. The molecule has 1 amide bonds. The van der Waals surface area contributed by atoms with Crippen LogP contribution in [0, 0.1) is 19.7 Å².